The predicted molar refractivity (Wildman–Crippen MR) is 75.5 cm³/mol. The van der Waals surface area contributed by atoms with Crippen molar-refractivity contribution in [3.05, 3.63) is 34.3 Å². The molecule has 1 N–H and O–H groups in total. The van der Waals surface area contributed by atoms with Crippen molar-refractivity contribution >= 4 is 11.1 Å². The summed E-state index contributed by atoms with van der Waals surface area (Å²) in [4.78, 5) is 11.5. The Hall–Kier alpha value is -1.55. The molecule has 1 aliphatic rings. The third kappa shape index (κ3) is 2.21. The number of hydrogen-bond acceptors (Lipinski definition) is 3. The van der Waals surface area contributed by atoms with Gasteiger partial charge in [-0.1, -0.05) is 6.07 Å². The van der Waals surface area contributed by atoms with Crippen LogP contribution in [0.15, 0.2) is 27.4 Å². The van der Waals surface area contributed by atoms with Gasteiger partial charge in [-0.3, -0.25) is 4.57 Å². The Morgan fingerprint density at radius 3 is 2.68 bits per heavy atom. The normalized spacial score (nSPS) is 23.9. The second-order valence-corrected chi connectivity index (χ2v) is 5.49. The van der Waals surface area contributed by atoms with Crippen LogP contribution in [0.3, 0.4) is 0 Å². The monoisotopic (exact) mass is 260 g/mol. The lowest BCUT2D eigenvalue weighted by Crippen LogP contribution is -2.29. The first-order chi connectivity index (χ1) is 9.19. The highest BCUT2D eigenvalue weighted by Crippen LogP contribution is 2.33. The first kappa shape index (κ1) is 12.5. The highest BCUT2D eigenvalue weighted by molar-refractivity contribution is 5.73. The summed E-state index contributed by atoms with van der Waals surface area (Å²) in [7, 11) is 3.78. The lowest BCUT2D eigenvalue weighted by molar-refractivity contribution is 0.358. The van der Waals surface area contributed by atoms with E-state index in [2.05, 4.69) is 11.4 Å². The molecule has 1 heterocycles. The average Bonchev–Trinajstić information content (AvgIpc) is 2.74. The molecule has 3 rings (SSSR count). The second kappa shape index (κ2) is 4.85. The van der Waals surface area contributed by atoms with Crippen LogP contribution >= 0.6 is 0 Å². The van der Waals surface area contributed by atoms with Gasteiger partial charge >= 0.3 is 5.76 Å². The van der Waals surface area contributed by atoms with E-state index in [4.69, 9.17) is 4.42 Å². The molecule has 102 valence electrons. The Balaban J connectivity index is 1.88. The van der Waals surface area contributed by atoms with E-state index in [0.717, 1.165) is 5.52 Å². The van der Waals surface area contributed by atoms with Crippen LogP contribution in [-0.4, -0.2) is 17.7 Å². The van der Waals surface area contributed by atoms with Crippen molar-refractivity contribution in [2.24, 2.45) is 7.05 Å². The van der Waals surface area contributed by atoms with Crippen LogP contribution in [0.4, 0.5) is 0 Å². The second-order valence-electron chi connectivity index (χ2n) is 5.49. The molecular weight excluding hydrogens is 240 g/mol. The van der Waals surface area contributed by atoms with Gasteiger partial charge in [0.1, 0.15) is 0 Å². The molecule has 1 aliphatic carbocycles. The van der Waals surface area contributed by atoms with Crippen LogP contribution in [0.5, 0.6) is 0 Å². The van der Waals surface area contributed by atoms with E-state index in [1.807, 2.05) is 19.2 Å². The Bertz CT molecular complexity index is 633. The topological polar surface area (TPSA) is 47.2 Å². The third-order valence-corrected chi connectivity index (χ3v) is 4.42. The Labute approximate surface area is 112 Å². The van der Waals surface area contributed by atoms with Crippen LogP contribution in [0, 0.1) is 0 Å². The molecule has 0 aliphatic heterocycles. The largest absolute Gasteiger partial charge is 0.419 e. The number of hydrogen-bond donors (Lipinski definition) is 1. The van der Waals surface area contributed by atoms with E-state index in [-0.39, 0.29) is 5.76 Å². The third-order valence-electron chi connectivity index (χ3n) is 4.42. The van der Waals surface area contributed by atoms with E-state index in [0.29, 0.717) is 17.5 Å². The molecule has 19 heavy (non-hydrogen) atoms. The van der Waals surface area contributed by atoms with Crippen LogP contribution < -0.4 is 11.1 Å². The van der Waals surface area contributed by atoms with Gasteiger partial charge < -0.3 is 9.73 Å². The van der Waals surface area contributed by atoms with Crippen LogP contribution in [0.25, 0.3) is 11.1 Å². The summed E-state index contributed by atoms with van der Waals surface area (Å²) in [5.41, 5.74) is 2.88. The minimum absolute atomic E-state index is 0.286. The summed E-state index contributed by atoms with van der Waals surface area (Å²) >= 11 is 0. The zero-order chi connectivity index (χ0) is 13.4. The number of nitrogens with one attached hydrogen (secondary N) is 1. The number of benzene rings is 1. The molecule has 4 heteroatoms. The average molecular weight is 260 g/mol. The lowest BCUT2D eigenvalue weighted by atomic mass is 9.82. The maximum Gasteiger partial charge on any atom is 0.419 e. The number of rotatable bonds is 2. The number of aryl methyl sites for hydroxylation is 1. The Morgan fingerprint density at radius 1 is 1.26 bits per heavy atom. The maximum atomic E-state index is 11.5. The predicted octanol–water partition coefficient (Wildman–Crippen LogP) is 2.38. The summed E-state index contributed by atoms with van der Waals surface area (Å²) in [5, 5.41) is 3.35. The van der Waals surface area contributed by atoms with E-state index in [9.17, 15) is 4.79 Å². The molecule has 0 saturated heterocycles. The molecule has 0 atom stereocenters. The SMILES string of the molecule is CNC1CCC(c2ccc3c(c2)oc(=O)n3C)CC1. The van der Waals surface area contributed by atoms with Gasteiger partial charge in [-0.2, -0.15) is 0 Å². The molecule has 1 aromatic heterocycles. The fraction of sp³-hybridized carbons (Fsp3) is 0.533. The van der Waals surface area contributed by atoms with Crippen LogP contribution in [0.2, 0.25) is 0 Å². The smallest absolute Gasteiger partial charge is 0.408 e. The lowest BCUT2D eigenvalue weighted by Gasteiger charge is -2.28. The van der Waals surface area contributed by atoms with Crippen molar-refractivity contribution < 1.29 is 4.42 Å². The molecule has 0 spiro atoms. The molecule has 0 bridgehead atoms. The Morgan fingerprint density at radius 2 is 2.00 bits per heavy atom. The van der Waals surface area contributed by atoms with Gasteiger partial charge in [-0.05, 0) is 56.3 Å². The molecule has 0 unspecified atom stereocenters. The first-order valence-corrected chi connectivity index (χ1v) is 6.96. The van der Waals surface area contributed by atoms with Crippen molar-refractivity contribution in [2.75, 3.05) is 7.05 Å². The van der Waals surface area contributed by atoms with Crippen molar-refractivity contribution in [3.63, 3.8) is 0 Å². The molecule has 1 saturated carbocycles. The van der Waals surface area contributed by atoms with Gasteiger partial charge in [0.15, 0.2) is 5.58 Å². The van der Waals surface area contributed by atoms with Crippen molar-refractivity contribution in [3.8, 4) is 0 Å². The molecule has 0 radical (unpaired) electrons. The number of nitrogens with zero attached hydrogens (tertiary/aromatic N) is 1. The fourth-order valence-corrected chi connectivity index (χ4v) is 3.12. The van der Waals surface area contributed by atoms with E-state index < -0.39 is 0 Å². The molecule has 1 fully saturated rings. The maximum absolute atomic E-state index is 11.5. The van der Waals surface area contributed by atoms with E-state index >= 15 is 0 Å². The van der Waals surface area contributed by atoms with Crippen LogP contribution in [0.1, 0.15) is 37.2 Å². The van der Waals surface area contributed by atoms with Gasteiger partial charge in [0.25, 0.3) is 0 Å². The van der Waals surface area contributed by atoms with Gasteiger partial charge in [0, 0.05) is 13.1 Å². The molecule has 0 amide bonds. The fourth-order valence-electron chi connectivity index (χ4n) is 3.12. The van der Waals surface area contributed by atoms with Crippen molar-refractivity contribution in [1.29, 1.82) is 0 Å². The highest BCUT2D eigenvalue weighted by Gasteiger charge is 2.22. The zero-order valence-corrected chi connectivity index (χ0v) is 11.5. The summed E-state index contributed by atoms with van der Waals surface area (Å²) in [5.74, 6) is 0.311. The standard InChI is InChI=1S/C15H20N2O2/c1-16-12-6-3-10(4-7-12)11-5-8-13-14(9-11)19-15(18)17(13)2/h5,8-10,12,16H,3-4,6-7H2,1-2H3. The summed E-state index contributed by atoms with van der Waals surface area (Å²) in [6, 6.07) is 6.84. The minimum atomic E-state index is -0.286. The Kier molecular flexibility index (Phi) is 3.19. The van der Waals surface area contributed by atoms with Crippen molar-refractivity contribution in [1.82, 2.24) is 9.88 Å². The van der Waals surface area contributed by atoms with Crippen LogP contribution in [-0.2, 0) is 7.05 Å². The number of oxazole rings is 1. The summed E-state index contributed by atoms with van der Waals surface area (Å²) < 4.78 is 6.82. The number of aromatic nitrogens is 1. The summed E-state index contributed by atoms with van der Waals surface area (Å²) in [6.07, 6.45) is 4.85. The van der Waals surface area contributed by atoms with Gasteiger partial charge in [-0.25, -0.2) is 4.79 Å². The summed E-state index contributed by atoms with van der Waals surface area (Å²) in [6.45, 7) is 0. The van der Waals surface area contributed by atoms with Gasteiger partial charge in [0.2, 0.25) is 0 Å². The van der Waals surface area contributed by atoms with E-state index in [1.165, 1.54) is 31.2 Å². The minimum Gasteiger partial charge on any atom is -0.408 e. The first-order valence-electron chi connectivity index (χ1n) is 6.96. The zero-order valence-electron chi connectivity index (χ0n) is 11.5. The van der Waals surface area contributed by atoms with E-state index in [1.54, 1.807) is 11.6 Å². The van der Waals surface area contributed by atoms with Gasteiger partial charge in [0.05, 0.1) is 5.52 Å². The highest BCUT2D eigenvalue weighted by atomic mass is 16.4. The van der Waals surface area contributed by atoms with Gasteiger partial charge in [-0.15, -0.1) is 0 Å². The quantitative estimate of drug-likeness (QED) is 0.901. The molecular formula is C15H20N2O2. The molecule has 4 nitrogen and oxygen atoms in total. The van der Waals surface area contributed by atoms with Crippen molar-refractivity contribution in [2.45, 2.75) is 37.6 Å². The number of fused-ring (bicyclic) bond motifs is 1. The molecule has 1 aromatic carbocycles. The molecule has 2 aromatic rings.